The van der Waals surface area contributed by atoms with Crippen molar-refractivity contribution in [1.29, 1.82) is 0 Å². The Kier molecular flexibility index (Phi) is 15.5. The van der Waals surface area contributed by atoms with Gasteiger partial charge in [-0.05, 0) is 66.6 Å². The van der Waals surface area contributed by atoms with Gasteiger partial charge in [0, 0.05) is 54.5 Å². The number of rotatable bonds is 17. The predicted octanol–water partition coefficient (Wildman–Crippen LogP) is 5.88. The molecule has 5 rings (SSSR count). The molecule has 4 N–H and O–H groups in total. The first-order valence-electron chi connectivity index (χ1n) is 18.1. The van der Waals surface area contributed by atoms with E-state index in [2.05, 4.69) is 49.7 Å². The van der Waals surface area contributed by atoms with E-state index in [1.807, 2.05) is 19.1 Å². The third-order valence-corrected chi connectivity index (χ3v) is 8.37. The van der Waals surface area contributed by atoms with Crippen LogP contribution in [0.15, 0.2) is 85.2 Å². The number of amides is 2. The van der Waals surface area contributed by atoms with Gasteiger partial charge in [-0.3, -0.25) is 14.3 Å². The van der Waals surface area contributed by atoms with Crippen molar-refractivity contribution in [3.63, 3.8) is 0 Å². The highest BCUT2D eigenvalue weighted by Crippen LogP contribution is 2.32. The molecule has 0 unspecified atom stereocenters. The van der Waals surface area contributed by atoms with Crippen LogP contribution in [0, 0.1) is 36.4 Å². The topological polar surface area (TPSA) is 140 Å². The van der Waals surface area contributed by atoms with Gasteiger partial charge in [0.25, 0.3) is 5.91 Å². The molecule has 0 fully saturated rings. The lowest BCUT2D eigenvalue weighted by atomic mass is 10.0. The van der Waals surface area contributed by atoms with Crippen molar-refractivity contribution in [1.82, 2.24) is 25.4 Å². The van der Waals surface area contributed by atoms with Crippen LogP contribution in [0.2, 0.25) is 0 Å². The zero-order valence-corrected chi connectivity index (χ0v) is 31.5. The molecule has 0 aliphatic rings. The van der Waals surface area contributed by atoms with Gasteiger partial charge in [-0.15, -0.1) is 0 Å². The van der Waals surface area contributed by atoms with Crippen LogP contribution in [0.1, 0.15) is 50.2 Å². The molecule has 0 saturated carbocycles. The normalized spacial score (nSPS) is 10.9. The summed E-state index contributed by atoms with van der Waals surface area (Å²) in [5.74, 6) is 11.4. The van der Waals surface area contributed by atoms with Crippen molar-refractivity contribution in [3.05, 3.63) is 130 Å². The molecule has 0 aliphatic heterocycles. The fraction of sp³-hybridized carbons (Fsp3) is 0.256. The molecular weight excluding hydrogens is 757 g/mol. The summed E-state index contributed by atoms with van der Waals surface area (Å²) in [5, 5.41) is 21.9. The summed E-state index contributed by atoms with van der Waals surface area (Å²) in [6.45, 7) is 3.46. The number of benzene rings is 3. The van der Waals surface area contributed by atoms with Gasteiger partial charge in [-0.1, -0.05) is 47.9 Å². The van der Waals surface area contributed by atoms with Crippen LogP contribution < -0.4 is 20.7 Å². The Morgan fingerprint density at radius 3 is 2.66 bits per heavy atom. The van der Waals surface area contributed by atoms with Crippen molar-refractivity contribution in [2.45, 2.75) is 39.2 Å². The Labute approximate surface area is 332 Å². The Bertz CT molecular complexity index is 2320. The molecule has 5 aromatic rings. The van der Waals surface area contributed by atoms with E-state index in [0.29, 0.717) is 72.0 Å². The Balaban J connectivity index is 1.05. The standard InChI is InChI=1S/C43H40F4N6O5/c1-30-10-15-40(50-29-55)52-41(30)34-8-4-9-35(24-34)42(56)49-17-21-57-20-5-7-33-25-51-53(27-33)18-3-2-6-31-12-14-39(36(22-31)26-48-16-19-54)58-28-32-11-13-38(44)37(23-32)43(45,46)47/h4,8-15,22-25,27,29,48,54H,3,16-21,26,28H2,1H3,(H,49,56)(H,50,52,55). The van der Waals surface area contributed by atoms with Gasteiger partial charge in [0.15, 0.2) is 0 Å². The molecule has 2 amide bonds. The second-order valence-corrected chi connectivity index (χ2v) is 12.7. The van der Waals surface area contributed by atoms with Gasteiger partial charge < -0.3 is 30.5 Å². The average molecular weight is 797 g/mol. The van der Waals surface area contributed by atoms with E-state index < -0.39 is 17.6 Å². The summed E-state index contributed by atoms with van der Waals surface area (Å²) < 4.78 is 66.2. The number of aliphatic hydroxyl groups is 1. The number of anilines is 1. The minimum Gasteiger partial charge on any atom is -0.489 e. The summed E-state index contributed by atoms with van der Waals surface area (Å²) in [6, 6.07) is 18.6. The summed E-state index contributed by atoms with van der Waals surface area (Å²) in [4.78, 5) is 28.0. The molecule has 58 heavy (non-hydrogen) atoms. The monoisotopic (exact) mass is 796 g/mol. The molecule has 0 saturated heterocycles. The molecular formula is C43H40F4N6O5. The lowest BCUT2D eigenvalue weighted by Crippen LogP contribution is -2.27. The third kappa shape index (κ3) is 12.8. The number of pyridine rings is 1. The van der Waals surface area contributed by atoms with Crippen molar-refractivity contribution in [2.75, 3.05) is 38.2 Å². The second kappa shape index (κ2) is 21.1. The fourth-order valence-electron chi connectivity index (χ4n) is 5.53. The number of ether oxygens (including phenoxy) is 2. The van der Waals surface area contributed by atoms with Crippen LogP contribution in [0.25, 0.3) is 11.3 Å². The summed E-state index contributed by atoms with van der Waals surface area (Å²) in [7, 11) is 0. The van der Waals surface area contributed by atoms with Gasteiger partial charge in [-0.25, -0.2) is 9.37 Å². The number of halogens is 4. The van der Waals surface area contributed by atoms with Crippen molar-refractivity contribution in [2.24, 2.45) is 0 Å². The van der Waals surface area contributed by atoms with E-state index in [-0.39, 0.29) is 44.4 Å². The van der Waals surface area contributed by atoms with Crippen LogP contribution in [0.5, 0.6) is 5.75 Å². The quantitative estimate of drug-likeness (QED) is 0.0396. The molecule has 0 atom stereocenters. The zero-order chi connectivity index (χ0) is 41.3. The smallest absolute Gasteiger partial charge is 0.419 e. The van der Waals surface area contributed by atoms with Crippen molar-refractivity contribution >= 4 is 18.1 Å². The van der Waals surface area contributed by atoms with Crippen LogP contribution in [0.3, 0.4) is 0 Å². The van der Waals surface area contributed by atoms with Gasteiger partial charge in [0.05, 0.1) is 42.8 Å². The molecule has 3 aromatic carbocycles. The maximum absolute atomic E-state index is 13.7. The fourth-order valence-corrected chi connectivity index (χ4v) is 5.53. The maximum atomic E-state index is 13.7. The first kappa shape index (κ1) is 42.6. The van der Waals surface area contributed by atoms with Crippen LogP contribution in [-0.2, 0) is 35.4 Å². The number of aryl methyl sites for hydroxylation is 2. The van der Waals surface area contributed by atoms with Crippen LogP contribution >= 0.6 is 0 Å². The highest BCUT2D eigenvalue weighted by Gasteiger charge is 2.34. The zero-order valence-electron chi connectivity index (χ0n) is 31.5. The van der Waals surface area contributed by atoms with Gasteiger partial charge >= 0.3 is 6.18 Å². The van der Waals surface area contributed by atoms with Crippen molar-refractivity contribution < 1.29 is 41.7 Å². The van der Waals surface area contributed by atoms with E-state index in [9.17, 15) is 32.3 Å². The highest BCUT2D eigenvalue weighted by molar-refractivity contribution is 5.95. The van der Waals surface area contributed by atoms with E-state index in [4.69, 9.17) is 9.47 Å². The molecule has 2 aromatic heterocycles. The lowest BCUT2D eigenvalue weighted by Gasteiger charge is -2.14. The number of nitrogens with one attached hydrogen (secondary N) is 3. The maximum Gasteiger partial charge on any atom is 0.419 e. The Morgan fingerprint density at radius 2 is 1.84 bits per heavy atom. The van der Waals surface area contributed by atoms with Gasteiger partial charge in [-0.2, -0.15) is 18.3 Å². The van der Waals surface area contributed by atoms with Crippen molar-refractivity contribution in [3.8, 4) is 40.7 Å². The lowest BCUT2D eigenvalue weighted by molar-refractivity contribution is -0.140. The molecule has 2 heterocycles. The number of aliphatic hydroxyl groups excluding tert-OH is 1. The molecule has 0 radical (unpaired) electrons. The van der Waals surface area contributed by atoms with E-state index in [1.165, 1.54) is 6.07 Å². The minimum absolute atomic E-state index is 0.0845. The first-order valence-corrected chi connectivity index (χ1v) is 18.1. The minimum atomic E-state index is -4.82. The largest absolute Gasteiger partial charge is 0.489 e. The predicted molar refractivity (Wildman–Crippen MR) is 209 cm³/mol. The number of carbonyl (C=O) groups excluding carboxylic acids is 2. The second-order valence-electron chi connectivity index (χ2n) is 12.7. The molecule has 11 nitrogen and oxygen atoms in total. The van der Waals surface area contributed by atoms with Gasteiger partial charge in [0.2, 0.25) is 6.41 Å². The molecule has 15 heteroatoms. The van der Waals surface area contributed by atoms with E-state index >= 15 is 0 Å². The Morgan fingerprint density at radius 1 is 1.00 bits per heavy atom. The number of nitrogens with zero attached hydrogens (tertiary/aromatic N) is 3. The molecule has 0 bridgehead atoms. The van der Waals surface area contributed by atoms with Crippen LogP contribution in [-0.4, -0.2) is 65.1 Å². The number of hydrogen-bond acceptors (Lipinski definition) is 8. The highest BCUT2D eigenvalue weighted by atomic mass is 19.4. The molecule has 0 spiro atoms. The number of alkyl halides is 3. The number of aromatic nitrogens is 3. The summed E-state index contributed by atoms with van der Waals surface area (Å²) >= 11 is 0. The van der Waals surface area contributed by atoms with Gasteiger partial charge in [0.1, 0.15) is 30.6 Å². The third-order valence-electron chi connectivity index (χ3n) is 8.37. The SMILES string of the molecule is Cc1ccc(NC=O)nc1-c1cccc(C(=O)NCCOCC#Cc2cnn(CCC#Cc3ccc(OCc4ccc(F)c(C(F)(F)F)c4)c(CNCCO)c3)c2)c1. The molecule has 0 aliphatic carbocycles. The summed E-state index contributed by atoms with van der Waals surface area (Å²) in [5.41, 5.74) is 3.66. The van der Waals surface area contributed by atoms with Crippen LogP contribution in [0.4, 0.5) is 23.4 Å². The molecule has 300 valence electrons. The average Bonchev–Trinajstić information content (AvgIpc) is 3.67. The Hall–Kier alpha value is -6.52. The number of hydrogen-bond donors (Lipinski definition) is 4. The first-order chi connectivity index (χ1) is 28.0. The summed E-state index contributed by atoms with van der Waals surface area (Å²) in [6.07, 6.45) is -0.341. The van der Waals surface area contributed by atoms with E-state index in [0.717, 1.165) is 23.3 Å². The number of carbonyl (C=O) groups is 2. The van der Waals surface area contributed by atoms with E-state index in [1.54, 1.807) is 59.5 Å².